The van der Waals surface area contributed by atoms with Crippen LogP contribution >= 0.6 is 0 Å². The molecule has 2 heterocycles. The molecule has 1 aromatic carbocycles. The summed E-state index contributed by atoms with van der Waals surface area (Å²) >= 11 is 0. The van der Waals surface area contributed by atoms with Gasteiger partial charge in [-0.25, -0.2) is 9.78 Å². The van der Waals surface area contributed by atoms with Crippen LogP contribution in [0.5, 0.6) is 0 Å². The molecule has 0 spiro atoms. The number of rotatable bonds is 2. The molecule has 0 aliphatic carbocycles. The minimum Gasteiger partial charge on any atom is -0.463 e. The average Bonchev–Trinajstić information content (AvgIpc) is 2.89. The second-order valence-corrected chi connectivity index (χ2v) is 4.85. The Balaban J connectivity index is 2.22. The predicted octanol–water partition coefficient (Wildman–Crippen LogP) is 2.19. The van der Waals surface area contributed by atoms with E-state index in [1.165, 1.54) is 7.11 Å². The van der Waals surface area contributed by atoms with Crippen molar-refractivity contribution >= 4 is 11.7 Å². The number of esters is 1. The Hall–Kier alpha value is -2.76. The molecule has 0 amide bonds. The van der Waals surface area contributed by atoms with Crippen molar-refractivity contribution in [3.05, 3.63) is 47.4 Å². The van der Waals surface area contributed by atoms with Crippen molar-refractivity contribution in [1.29, 1.82) is 0 Å². The fourth-order valence-electron chi connectivity index (χ4n) is 2.31. The molecule has 0 bridgehead atoms. The van der Waals surface area contributed by atoms with Crippen LogP contribution in [-0.2, 0) is 4.74 Å². The topological polar surface area (TPSA) is 69.4 Å². The standard InChI is InChI=1S/C15H14N4O2/c1-9-6-10(2)8-11(7-9)12-4-5-16-15-17-13(14(20)21-3)18-19(12)15/h4-8H,1-3H3. The van der Waals surface area contributed by atoms with Gasteiger partial charge < -0.3 is 4.74 Å². The van der Waals surface area contributed by atoms with E-state index >= 15 is 0 Å². The normalized spacial score (nSPS) is 10.8. The maximum atomic E-state index is 11.6. The van der Waals surface area contributed by atoms with Gasteiger partial charge in [0.25, 0.3) is 11.6 Å². The van der Waals surface area contributed by atoms with E-state index in [1.807, 2.05) is 19.9 Å². The zero-order chi connectivity index (χ0) is 15.0. The van der Waals surface area contributed by atoms with Gasteiger partial charge in [0.1, 0.15) is 0 Å². The number of aryl methyl sites for hydroxylation is 2. The molecule has 2 aromatic heterocycles. The predicted molar refractivity (Wildman–Crippen MR) is 77.0 cm³/mol. The summed E-state index contributed by atoms with van der Waals surface area (Å²) in [6.07, 6.45) is 1.65. The Kier molecular flexibility index (Phi) is 3.13. The molecule has 6 nitrogen and oxygen atoms in total. The van der Waals surface area contributed by atoms with Gasteiger partial charge in [0.05, 0.1) is 12.8 Å². The van der Waals surface area contributed by atoms with Gasteiger partial charge in [-0.2, -0.15) is 9.50 Å². The second-order valence-electron chi connectivity index (χ2n) is 4.85. The number of nitrogens with zero attached hydrogens (tertiary/aromatic N) is 4. The maximum Gasteiger partial charge on any atom is 0.378 e. The van der Waals surface area contributed by atoms with Gasteiger partial charge in [-0.1, -0.05) is 17.2 Å². The summed E-state index contributed by atoms with van der Waals surface area (Å²) in [5.41, 5.74) is 4.14. The monoisotopic (exact) mass is 282 g/mol. The van der Waals surface area contributed by atoms with Crippen molar-refractivity contribution in [2.45, 2.75) is 13.8 Å². The lowest BCUT2D eigenvalue weighted by atomic mass is 10.1. The van der Waals surface area contributed by atoms with E-state index in [2.05, 4.69) is 38.0 Å². The van der Waals surface area contributed by atoms with Crippen LogP contribution in [0.2, 0.25) is 0 Å². The first-order chi connectivity index (χ1) is 10.1. The molecule has 0 aliphatic rings. The molecule has 0 saturated carbocycles. The molecule has 21 heavy (non-hydrogen) atoms. The lowest BCUT2D eigenvalue weighted by molar-refractivity contribution is 0.0587. The van der Waals surface area contributed by atoms with Gasteiger partial charge in [-0.3, -0.25) is 0 Å². The van der Waals surface area contributed by atoms with Crippen LogP contribution in [0, 0.1) is 13.8 Å². The van der Waals surface area contributed by atoms with Gasteiger partial charge in [-0.05, 0) is 32.0 Å². The summed E-state index contributed by atoms with van der Waals surface area (Å²) in [4.78, 5) is 19.8. The summed E-state index contributed by atoms with van der Waals surface area (Å²) in [6, 6.07) is 8.06. The Morgan fingerprint density at radius 3 is 2.57 bits per heavy atom. The van der Waals surface area contributed by atoms with Crippen LogP contribution in [0.1, 0.15) is 21.7 Å². The van der Waals surface area contributed by atoms with E-state index in [4.69, 9.17) is 0 Å². The third kappa shape index (κ3) is 2.35. The molecule has 0 unspecified atom stereocenters. The number of benzene rings is 1. The van der Waals surface area contributed by atoms with E-state index in [1.54, 1.807) is 10.7 Å². The van der Waals surface area contributed by atoms with Gasteiger partial charge in [0.2, 0.25) is 0 Å². The van der Waals surface area contributed by atoms with E-state index in [0.717, 1.165) is 22.4 Å². The number of carbonyl (C=O) groups excluding carboxylic acids is 1. The van der Waals surface area contributed by atoms with Gasteiger partial charge in [-0.15, -0.1) is 5.10 Å². The molecule has 106 valence electrons. The van der Waals surface area contributed by atoms with Crippen LogP contribution < -0.4 is 0 Å². The number of hydrogen-bond donors (Lipinski definition) is 0. The molecule has 3 aromatic rings. The quantitative estimate of drug-likeness (QED) is 0.674. The maximum absolute atomic E-state index is 11.6. The van der Waals surface area contributed by atoms with Crippen LogP contribution in [0.3, 0.4) is 0 Å². The third-order valence-corrected chi connectivity index (χ3v) is 3.13. The van der Waals surface area contributed by atoms with Crippen LogP contribution in [0.15, 0.2) is 30.5 Å². The average molecular weight is 282 g/mol. The molecule has 0 saturated heterocycles. The number of methoxy groups -OCH3 is 1. The number of carbonyl (C=O) groups is 1. The second kappa shape index (κ2) is 4.97. The molecule has 0 aliphatic heterocycles. The highest BCUT2D eigenvalue weighted by Gasteiger charge is 2.16. The van der Waals surface area contributed by atoms with E-state index in [9.17, 15) is 4.79 Å². The van der Waals surface area contributed by atoms with E-state index in [0.29, 0.717) is 5.78 Å². The number of fused-ring (bicyclic) bond motifs is 1. The smallest absolute Gasteiger partial charge is 0.378 e. The number of ether oxygens (including phenoxy) is 1. The Morgan fingerprint density at radius 2 is 1.90 bits per heavy atom. The van der Waals surface area contributed by atoms with Crippen LogP contribution in [0.4, 0.5) is 0 Å². The molecule has 0 atom stereocenters. The Bertz CT molecular complexity index is 819. The van der Waals surface area contributed by atoms with Crippen molar-refractivity contribution in [2.75, 3.05) is 7.11 Å². The number of aromatic nitrogens is 4. The highest BCUT2D eigenvalue weighted by atomic mass is 16.5. The van der Waals surface area contributed by atoms with Crippen molar-refractivity contribution < 1.29 is 9.53 Å². The Morgan fingerprint density at radius 1 is 1.19 bits per heavy atom. The molecular weight excluding hydrogens is 268 g/mol. The highest BCUT2D eigenvalue weighted by Crippen LogP contribution is 2.22. The molecule has 3 rings (SSSR count). The minimum atomic E-state index is -0.577. The number of hydrogen-bond acceptors (Lipinski definition) is 5. The lowest BCUT2D eigenvalue weighted by Crippen LogP contribution is -2.04. The molecular formula is C15H14N4O2. The lowest BCUT2D eigenvalue weighted by Gasteiger charge is -2.06. The summed E-state index contributed by atoms with van der Waals surface area (Å²) in [7, 11) is 1.30. The van der Waals surface area contributed by atoms with Crippen LogP contribution in [0.25, 0.3) is 17.0 Å². The van der Waals surface area contributed by atoms with Crippen molar-refractivity contribution in [3.8, 4) is 11.3 Å². The SMILES string of the molecule is COC(=O)c1nc2nccc(-c3cc(C)cc(C)c3)n2n1. The van der Waals surface area contributed by atoms with Gasteiger partial charge in [0.15, 0.2) is 0 Å². The van der Waals surface area contributed by atoms with E-state index in [-0.39, 0.29) is 5.82 Å². The third-order valence-electron chi connectivity index (χ3n) is 3.13. The zero-order valence-electron chi connectivity index (χ0n) is 12.0. The van der Waals surface area contributed by atoms with Crippen molar-refractivity contribution in [1.82, 2.24) is 19.6 Å². The fourth-order valence-corrected chi connectivity index (χ4v) is 2.31. The van der Waals surface area contributed by atoms with Crippen molar-refractivity contribution in [3.63, 3.8) is 0 Å². The van der Waals surface area contributed by atoms with Gasteiger partial charge in [0, 0.05) is 11.8 Å². The van der Waals surface area contributed by atoms with Gasteiger partial charge >= 0.3 is 5.97 Å². The first-order valence-corrected chi connectivity index (χ1v) is 6.47. The Labute approximate surface area is 121 Å². The molecule has 0 fully saturated rings. The summed E-state index contributed by atoms with van der Waals surface area (Å²) in [5, 5.41) is 4.19. The molecule has 6 heteroatoms. The zero-order valence-corrected chi connectivity index (χ0v) is 12.0. The largest absolute Gasteiger partial charge is 0.463 e. The summed E-state index contributed by atoms with van der Waals surface area (Å²) in [5.74, 6) is -0.208. The van der Waals surface area contributed by atoms with Crippen LogP contribution in [-0.4, -0.2) is 32.7 Å². The first-order valence-electron chi connectivity index (χ1n) is 6.47. The fraction of sp³-hybridized carbons (Fsp3) is 0.200. The van der Waals surface area contributed by atoms with Crippen molar-refractivity contribution in [2.24, 2.45) is 0 Å². The summed E-state index contributed by atoms with van der Waals surface area (Å²) < 4.78 is 6.20. The minimum absolute atomic E-state index is 0.00169. The molecule has 0 N–H and O–H groups in total. The summed E-state index contributed by atoms with van der Waals surface area (Å²) in [6.45, 7) is 4.08. The van der Waals surface area contributed by atoms with E-state index < -0.39 is 5.97 Å². The highest BCUT2D eigenvalue weighted by molar-refractivity contribution is 5.85. The molecule has 0 radical (unpaired) electrons. The first kappa shape index (κ1) is 13.2.